The highest BCUT2D eigenvalue weighted by molar-refractivity contribution is 7.16. The standard InChI is InChI=1S/C19H21N3O3S/c1-10(2)22-6-5-12-15(8-22)26-19-16(12)18(23)20-17(21-19)11-3-4-13-14(7-11)25-9-24-13/h3-4,7,10,17,21H,5-6,8-9H2,1-2H3,(H,20,23). The average Bonchev–Trinajstić information content (AvgIpc) is 3.24. The third kappa shape index (κ3) is 2.46. The first-order valence-electron chi connectivity index (χ1n) is 8.95. The Morgan fingerprint density at radius 3 is 2.92 bits per heavy atom. The topological polar surface area (TPSA) is 62.8 Å². The number of fused-ring (bicyclic) bond motifs is 4. The van der Waals surface area contributed by atoms with E-state index in [2.05, 4.69) is 29.4 Å². The Balaban J connectivity index is 1.46. The molecular weight excluding hydrogens is 350 g/mol. The molecule has 0 aliphatic carbocycles. The Kier molecular flexibility index (Phi) is 3.62. The fraction of sp³-hybridized carbons (Fsp3) is 0.421. The number of carbonyl (C=O) groups is 1. The van der Waals surface area contributed by atoms with Gasteiger partial charge in [0.05, 0.1) is 5.56 Å². The van der Waals surface area contributed by atoms with Gasteiger partial charge in [-0.15, -0.1) is 11.3 Å². The van der Waals surface area contributed by atoms with Crippen LogP contribution in [-0.4, -0.2) is 30.2 Å². The fourth-order valence-electron chi connectivity index (χ4n) is 3.84. The Labute approximate surface area is 156 Å². The number of ether oxygens (including phenoxy) is 2. The summed E-state index contributed by atoms with van der Waals surface area (Å²) in [7, 11) is 0. The molecule has 0 spiro atoms. The van der Waals surface area contributed by atoms with Crippen LogP contribution in [-0.2, 0) is 13.0 Å². The predicted octanol–water partition coefficient (Wildman–Crippen LogP) is 3.10. The van der Waals surface area contributed by atoms with Crippen LogP contribution in [0.4, 0.5) is 5.00 Å². The second kappa shape index (κ2) is 5.89. The maximum Gasteiger partial charge on any atom is 0.256 e. The van der Waals surface area contributed by atoms with Crippen molar-refractivity contribution in [2.45, 2.75) is 39.0 Å². The number of hydrogen-bond acceptors (Lipinski definition) is 6. The van der Waals surface area contributed by atoms with Crippen LogP contribution in [0.15, 0.2) is 18.2 Å². The molecule has 0 fully saturated rings. The van der Waals surface area contributed by atoms with Gasteiger partial charge in [-0.1, -0.05) is 6.07 Å². The quantitative estimate of drug-likeness (QED) is 0.849. The second-order valence-corrected chi connectivity index (χ2v) is 8.29. The van der Waals surface area contributed by atoms with Gasteiger partial charge in [0.2, 0.25) is 6.79 Å². The van der Waals surface area contributed by atoms with Crippen LogP contribution in [0.5, 0.6) is 11.5 Å². The van der Waals surface area contributed by atoms with E-state index in [-0.39, 0.29) is 18.9 Å². The van der Waals surface area contributed by atoms with Crippen molar-refractivity contribution in [1.29, 1.82) is 0 Å². The molecular formula is C19H21N3O3S. The van der Waals surface area contributed by atoms with Crippen LogP contribution >= 0.6 is 11.3 Å². The normalized spacial score (nSPS) is 21.2. The lowest BCUT2D eigenvalue weighted by Gasteiger charge is -2.31. The van der Waals surface area contributed by atoms with Crippen LogP contribution in [0, 0.1) is 0 Å². The first-order valence-corrected chi connectivity index (χ1v) is 9.77. The van der Waals surface area contributed by atoms with Crippen LogP contribution in [0.3, 0.4) is 0 Å². The molecule has 4 heterocycles. The van der Waals surface area contributed by atoms with E-state index in [0.29, 0.717) is 6.04 Å². The molecule has 1 amide bonds. The molecule has 6 nitrogen and oxygen atoms in total. The Bertz CT molecular complexity index is 892. The summed E-state index contributed by atoms with van der Waals surface area (Å²) in [6, 6.07) is 6.30. The summed E-state index contributed by atoms with van der Waals surface area (Å²) in [6.07, 6.45) is 0.675. The zero-order valence-corrected chi connectivity index (χ0v) is 15.6. The molecule has 136 valence electrons. The van der Waals surface area contributed by atoms with E-state index in [9.17, 15) is 4.79 Å². The molecule has 3 aliphatic heterocycles. The monoisotopic (exact) mass is 371 g/mol. The van der Waals surface area contributed by atoms with E-state index in [4.69, 9.17) is 9.47 Å². The summed E-state index contributed by atoms with van der Waals surface area (Å²) in [5.41, 5.74) is 3.02. The largest absolute Gasteiger partial charge is 0.454 e. The van der Waals surface area contributed by atoms with Crippen molar-refractivity contribution in [2.75, 3.05) is 18.7 Å². The maximum atomic E-state index is 12.8. The predicted molar refractivity (Wildman–Crippen MR) is 100.0 cm³/mol. The van der Waals surface area contributed by atoms with Crippen LogP contribution in [0.25, 0.3) is 0 Å². The average molecular weight is 371 g/mol. The zero-order chi connectivity index (χ0) is 17.8. The number of rotatable bonds is 2. The molecule has 1 unspecified atom stereocenters. The van der Waals surface area contributed by atoms with Crippen molar-refractivity contribution in [3.8, 4) is 11.5 Å². The fourth-order valence-corrected chi connectivity index (χ4v) is 5.13. The van der Waals surface area contributed by atoms with Crippen molar-refractivity contribution >= 4 is 22.2 Å². The summed E-state index contributed by atoms with van der Waals surface area (Å²) in [5, 5.41) is 7.58. The number of nitrogens with one attached hydrogen (secondary N) is 2. The van der Waals surface area contributed by atoms with E-state index in [1.54, 1.807) is 11.3 Å². The molecule has 2 N–H and O–H groups in total. The minimum atomic E-state index is -0.259. The number of benzene rings is 1. The van der Waals surface area contributed by atoms with Gasteiger partial charge in [-0.2, -0.15) is 0 Å². The summed E-state index contributed by atoms with van der Waals surface area (Å²) < 4.78 is 10.8. The van der Waals surface area contributed by atoms with Crippen molar-refractivity contribution in [2.24, 2.45) is 0 Å². The van der Waals surface area contributed by atoms with Crippen molar-refractivity contribution in [3.63, 3.8) is 0 Å². The molecule has 1 aromatic heterocycles. The third-order valence-corrected chi connectivity index (χ3v) is 6.47. The number of hydrogen-bond donors (Lipinski definition) is 2. The van der Waals surface area contributed by atoms with Gasteiger partial charge in [0.25, 0.3) is 5.91 Å². The molecule has 7 heteroatoms. The molecule has 26 heavy (non-hydrogen) atoms. The van der Waals surface area contributed by atoms with Gasteiger partial charge in [0, 0.05) is 24.0 Å². The highest BCUT2D eigenvalue weighted by atomic mass is 32.1. The highest BCUT2D eigenvalue weighted by Crippen LogP contribution is 2.42. The SMILES string of the molecule is CC(C)N1CCc2c(sc3c2C(=O)NC(c2ccc4c(c2)OCO4)N3)C1. The number of thiophene rings is 1. The van der Waals surface area contributed by atoms with Crippen molar-refractivity contribution < 1.29 is 14.3 Å². The second-order valence-electron chi connectivity index (χ2n) is 7.19. The molecule has 2 aromatic rings. The van der Waals surface area contributed by atoms with Crippen LogP contribution < -0.4 is 20.1 Å². The minimum Gasteiger partial charge on any atom is -0.454 e. The summed E-state index contributed by atoms with van der Waals surface area (Å²) in [4.78, 5) is 16.6. The lowest BCUT2D eigenvalue weighted by molar-refractivity contribution is 0.0934. The molecule has 0 saturated carbocycles. The Hall–Kier alpha value is -2.25. The van der Waals surface area contributed by atoms with E-state index in [0.717, 1.165) is 47.1 Å². The lowest BCUT2D eigenvalue weighted by atomic mass is 9.99. The molecule has 0 radical (unpaired) electrons. The first kappa shape index (κ1) is 16.0. The molecule has 1 aromatic carbocycles. The van der Waals surface area contributed by atoms with Gasteiger partial charge in [-0.05, 0) is 43.5 Å². The number of carbonyl (C=O) groups excluding carboxylic acids is 1. The molecule has 0 saturated heterocycles. The zero-order valence-electron chi connectivity index (χ0n) is 14.8. The van der Waals surface area contributed by atoms with E-state index in [1.165, 1.54) is 10.4 Å². The van der Waals surface area contributed by atoms with E-state index >= 15 is 0 Å². The molecule has 1 atom stereocenters. The van der Waals surface area contributed by atoms with E-state index < -0.39 is 0 Å². The van der Waals surface area contributed by atoms with Crippen molar-refractivity contribution in [3.05, 3.63) is 39.8 Å². The van der Waals surface area contributed by atoms with Gasteiger partial charge in [-0.3, -0.25) is 9.69 Å². The van der Waals surface area contributed by atoms with Gasteiger partial charge >= 0.3 is 0 Å². The summed E-state index contributed by atoms with van der Waals surface area (Å²) in [5.74, 6) is 1.48. The third-order valence-electron chi connectivity index (χ3n) is 5.32. The summed E-state index contributed by atoms with van der Waals surface area (Å²) in [6.45, 7) is 6.62. The molecule has 3 aliphatic rings. The summed E-state index contributed by atoms with van der Waals surface area (Å²) >= 11 is 1.72. The maximum absolute atomic E-state index is 12.8. The van der Waals surface area contributed by atoms with Gasteiger partial charge < -0.3 is 20.1 Å². The highest BCUT2D eigenvalue weighted by Gasteiger charge is 2.34. The molecule has 5 rings (SSSR count). The minimum absolute atomic E-state index is 0.0110. The number of amides is 1. The van der Waals surface area contributed by atoms with Gasteiger partial charge in [0.15, 0.2) is 11.5 Å². The first-order chi connectivity index (χ1) is 12.6. The number of nitrogens with zero attached hydrogens (tertiary/aromatic N) is 1. The van der Waals surface area contributed by atoms with Gasteiger partial charge in [0.1, 0.15) is 11.2 Å². The Morgan fingerprint density at radius 2 is 2.08 bits per heavy atom. The Morgan fingerprint density at radius 1 is 1.23 bits per heavy atom. The molecule has 0 bridgehead atoms. The lowest BCUT2D eigenvalue weighted by Crippen LogP contribution is -2.39. The van der Waals surface area contributed by atoms with E-state index in [1.807, 2.05) is 18.2 Å². The smallest absolute Gasteiger partial charge is 0.256 e. The van der Waals surface area contributed by atoms with Gasteiger partial charge in [-0.25, -0.2) is 0 Å². The number of anilines is 1. The van der Waals surface area contributed by atoms with Crippen LogP contribution in [0.2, 0.25) is 0 Å². The van der Waals surface area contributed by atoms with Crippen LogP contribution in [0.1, 0.15) is 46.4 Å². The van der Waals surface area contributed by atoms with Crippen molar-refractivity contribution in [1.82, 2.24) is 10.2 Å².